The van der Waals surface area contributed by atoms with Crippen LogP contribution in [0.4, 0.5) is 5.82 Å². The Morgan fingerprint density at radius 2 is 1.89 bits per heavy atom. The zero-order valence-electron chi connectivity index (χ0n) is 11.2. The molecule has 18 heavy (non-hydrogen) atoms. The Hall–Kier alpha value is -0.870. The number of aryl methyl sites for hydroxylation is 1. The lowest BCUT2D eigenvalue weighted by atomic mass is 10.0. The standard InChI is InChI=1S/C13H20ClN3O/c1-9-11(14)15-10(2)16-12(9)17(3)8-13(18)6-4-5-7-13/h18H,4-8H2,1-3H3. The maximum Gasteiger partial charge on any atom is 0.137 e. The summed E-state index contributed by atoms with van der Waals surface area (Å²) in [4.78, 5) is 10.5. The molecule has 0 radical (unpaired) electrons. The maximum absolute atomic E-state index is 10.4. The van der Waals surface area contributed by atoms with Crippen LogP contribution in [0.5, 0.6) is 0 Å². The number of nitrogens with zero attached hydrogens (tertiary/aromatic N) is 3. The van der Waals surface area contributed by atoms with Gasteiger partial charge in [0.15, 0.2) is 0 Å². The zero-order chi connectivity index (χ0) is 13.3. The fraction of sp³-hybridized carbons (Fsp3) is 0.692. The summed E-state index contributed by atoms with van der Waals surface area (Å²) < 4.78 is 0. The molecule has 1 aromatic heterocycles. The highest BCUT2D eigenvalue weighted by atomic mass is 35.5. The summed E-state index contributed by atoms with van der Waals surface area (Å²) in [5.41, 5.74) is 0.290. The van der Waals surface area contributed by atoms with Crippen LogP contribution in [-0.2, 0) is 0 Å². The molecule has 1 aliphatic carbocycles. The van der Waals surface area contributed by atoms with Gasteiger partial charge in [0.25, 0.3) is 0 Å². The van der Waals surface area contributed by atoms with Gasteiger partial charge in [0.1, 0.15) is 16.8 Å². The van der Waals surface area contributed by atoms with Crippen molar-refractivity contribution in [3.63, 3.8) is 0 Å². The molecule has 0 unspecified atom stereocenters. The van der Waals surface area contributed by atoms with E-state index in [0.717, 1.165) is 37.1 Å². The van der Waals surface area contributed by atoms with Crippen LogP contribution in [0.1, 0.15) is 37.1 Å². The highest BCUT2D eigenvalue weighted by Crippen LogP contribution is 2.32. The van der Waals surface area contributed by atoms with E-state index in [4.69, 9.17) is 11.6 Å². The molecule has 1 N–H and O–H groups in total. The number of anilines is 1. The molecule has 0 amide bonds. The molecular weight excluding hydrogens is 250 g/mol. The predicted octanol–water partition coefficient (Wildman–Crippen LogP) is 2.49. The smallest absolute Gasteiger partial charge is 0.137 e. The number of likely N-dealkylation sites (N-methyl/N-ethyl adjacent to an activating group) is 1. The van der Waals surface area contributed by atoms with E-state index in [1.165, 1.54) is 0 Å². The van der Waals surface area contributed by atoms with Crippen LogP contribution in [0.25, 0.3) is 0 Å². The average Bonchev–Trinajstić information content (AvgIpc) is 2.70. The molecule has 0 spiro atoms. The third-order valence-corrected chi connectivity index (χ3v) is 3.97. The Bertz CT molecular complexity index is 444. The summed E-state index contributed by atoms with van der Waals surface area (Å²) in [7, 11) is 1.95. The van der Waals surface area contributed by atoms with Gasteiger partial charge in [-0.1, -0.05) is 24.4 Å². The monoisotopic (exact) mass is 269 g/mol. The third kappa shape index (κ3) is 2.75. The molecule has 1 heterocycles. The van der Waals surface area contributed by atoms with Crippen molar-refractivity contribution in [1.29, 1.82) is 0 Å². The maximum atomic E-state index is 10.4. The first-order valence-corrected chi connectivity index (χ1v) is 6.73. The van der Waals surface area contributed by atoms with Crippen molar-refractivity contribution in [2.45, 2.75) is 45.1 Å². The van der Waals surface area contributed by atoms with Crippen molar-refractivity contribution in [3.05, 3.63) is 16.5 Å². The number of rotatable bonds is 3. The van der Waals surface area contributed by atoms with Gasteiger partial charge in [-0.15, -0.1) is 0 Å². The van der Waals surface area contributed by atoms with E-state index in [9.17, 15) is 5.11 Å². The minimum Gasteiger partial charge on any atom is -0.388 e. The summed E-state index contributed by atoms with van der Waals surface area (Å²) in [6.07, 6.45) is 3.95. The average molecular weight is 270 g/mol. The van der Waals surface area contributed by atoms with Gasteiger partial charge in [-0.05, 0) is 26.7 Å². The highest BCUT2D eigenvalue weighted by Gasteiger charge is 2.33. The normalized spacial score (nSPS) is 18.1. The summed E-state index contributed by atoms with van der Waals surface area (Å²) in [5, 5.41) is 10.9. The van der Waals surface area contributed by atoms with E-state index < -0.39 is 5.60 Å². The Labute approximate surface area is 113 Å². The van der Waals surface area contributed by atoms with E-state index >= 15 is 0 Å². The number of hydrogen-bond acceptors (Lipinski definition) is 4. The van der Waals surface area contributed by atoms with Gasteiger partial charge in [0.05, 0.1) is 5.60 Å². The van der Waals surface area contributed by atoms with Gasteiger partial charge in [-0.25, -0.2) is 9.97 Å². The minimum atomic E-state index is -0.577. The first kappa shape index (κ1) is 13.6. The molecule has 100 valence electrons. The molecule has 0 saturated heterocycles. The van der Waals surface area contributed by atoms with Crippen LogP contribution in [0.15, 0.2) is 0 Å². The molecule has 0 aromatic carbocycles. The summed E-state index contributed by atoms with van der Waals surface area (Å²) in [6, 6.07) is 0. The molecule has 2 rings (SSSR count). The molecule has 1 aliphatic rings. The van der Waals surface area contributed by atoms with Gasteiger partial charge >= 0.3 is 0 Å². The summed E-state index contributed by atoms with van der Waals surface area (Å²) in [6.45, 7) is 4.33. The van der Waals surface area contributed by atoms with Gasteiger partial charge in [0.2, 0.25) is 0 Å². The Morgan fingerprint density at radius 3 is 2.50 bits per heavy atom. The topological polar surface area (TPSA) is 49.2 Å². The van der Waals surface area contributed by atoms with Gasteiger partial charge in [-0.2, -0.15) is 0 Å². The van der Waals surface area contributed by atoms with Crippen molar-refractivity contribution >= 4 is 17.4 Å². The third-order valence-electron chi connectivity index (χ3n) is 3.60. The van der Waals surface area contributed by atoms with E-state index in [1.54, 1.807) is 0 Å². The second-order valence-electron chi connectivity index (χ2n) is 5.30. The second-order valence-corrected chi connectivity index (χ2v) is 5.66. The van der Waals surface area contributed by atoms with Gasteiger partial charge in [-0.3, -0.25) is 0 Å². The first-order chi connectivity index (χ1) is 8.41. The number of aromatic nitrogens is 2. The molecule has 1 saturated carbocycles. The van der Waals surface area contributed by atoms with Crippen molar-refractivity contribution in [2.75, 3.05) is 18.5 Å². The van der Waals surface area contributed by atoms with E-state index in [1.807, 2.05) is 25.8 Å². The van der Waals surface area contributed by atoms with Crippen LogP contribution in [0.3, 0.4) is 0 Å². The quantitative estimate of drug-likeness (QED) is 0.857. The summed E-state index contributed by atoms with van der Waals surface area (Å²) >= 11 is 6.07. The molecule has 5 heteroatoms. The second kappa shape index (κ2) is 5.02. The molecule has 1 fully saturated rings. The van der Waals surface area contributed by atoms with Gasteiger partial charge < -0.3 is 10.0 Å². The van der Waals surface area contributed by atoms with Crippen molar-refractivity contribution in [2.24, 2.45) is 0 Å². The van der Waals surface area contributed by atoms with Crippen molar-refractivity contribution in [1.82, 2.24) is 9.97 Å². The Kier molecular flexibility index (Phi) is 3.78. The number of hydrogen-bond donors (Lipinski definition) is 1. The predicted molar refractivity (Wildman–Crippen MR) is 73.2 cm³/mol. The lowest BCUT2D eigenvalue weighted by Crippen LogP contribution is -2.40. The molecule has 0 bridgehead atoms. The Morgan fingerprint density at radius 1 is 1.28 bits per heavy atom. The van der Waals surface area contributed by atoms with E-state index in [2.05, 4.69) is 9.97 Å². The minimum absolute atomic E-state index is 0.489. The fourth-order valence-corrected chi connectivity index (χ4v) is 2.87. The number of halogens is 1. The highest BCUT2D eigenvalue weighted by molar-refractivity contribution is 6.30. The number of aliphatic hydroxyl groups is 1. The van der Waals surface area contributed by atoms with E-state index in [0.29, 0.717) is 17.5 Å². The summed E-state index contributed by atoms with van der Waals surface area (Å²) in [5.74, 6) is 1.47. The zero-order valence-corrected chi connectivity index (χ0v) is 12.0. The molecule has 4 nitrogen and oxygen atoms in total. The Balaban J connectivity index is 2.20. The molecule has 0 atom stereocenters. The lowest BCUT2D eigenvalue weighted by molar-refractivity contribution is 0.0557. The molecule has 0 aliphatic heterocycles. The first-order valence-electron chi connectivity index (χ1n) is 6.35. The van der Waals surface area contributed by atoms with Crippen LogP contribution in [0.2, 0.25) is 5.15 Å². The molecule has 1 aromatic rings. The van der Waals surface area contributed by atoms with Crippen molar-refractivity contribution in [3.8, 4) is 0 Å². The van der Waals surface area contributed by atoms with E-state index in [-0.39, 0.29) is 0 Å². The van der Waals surface area contributed by atoms with Crippen LogP contribution in [0, 0.1) is 13.8 Å². The van der Waals surface area contributed by atoms with Crippen LogP contribution < -0.4 is 4.90 Å². The van der Waals surface area contributed by atoms with Crippen LogP contribution in [-0.4, -0.2) is 34.3 Å². The lowest BCUT2D eigenvalue weighted by Gasteiger charge is -2.30. The van der Waals surface area contributed by atoms with Crippen LogP contribution >= 0.6 is 11.6 Å². The molecular formula is C13H20ClN3O. The van der Waals surface area contributed by atoms with Crippen molar-refractivity contribution < 1.29 is 5.11 Å². The SMILES string of the molecule is Cc1nc(Cl)c(C)c(N(C)CC2(O)CCCC2)n1. The largest absolute Gasteiger partial charge is 0.388 e. The fourth-order valence-electron chi connectivity index (χ4n) is 2.66. The van der Waals surface area contributed by atoms with Gasteiger partial charge in [0, 0.05) is 19.2 Å².